The maximum atomic E-state index is 13.7. The van der Waals surface area contributed by atoms with Gasteiger partial charge in [-0.2, -0.15) is 0 Å². The van der Waals surface area contributed by atoms with E-state index in [2.05, 4.69) is 15.6 Å². The van der Waals surface area contributed by atoms with E-state index >= 15 is 0 Å². The van der Waals surface area contributed by atoms with Gasteiger partial charge in [-0.3, -0.25) is 9.78 Å². The number of pyridine rings is 1. The Kier molecular flexibility index (Phi) is 4.47. The minimum Gasteiger partial charge on any atom is -0.351 e. The van der Waals surface area contributed by atoms with Crippen LogP contribution in [0.5, 0.6) is 0 Å². The van der Waals surface area contributed by atoms with Gasteiger partial charge in [-0.25, -0.2) is 8.78 Å². The molecule has 4 nitrogen and oxygen atoms in total. The Labute approximate surface area is 137 Å². The lowest BCUT2D eigenvalue weighted by Crippen LogP contribution is -2.13. The van der Waals surface area contributed by atoms with Crippen LogP contribution in [0.2, 0.25) is 0 Å². The summed E-state index contributed by atoms with van der Waals surface area (Å²) in [6, 6.07) is 15.4. The molecule has 1 amide bonds. The summed E-state index contributed by atoms with van der Waals surface area (Å²) in [5, 5.41) is 5.32. The summed E-state index contributed by atoms with van der Waals surface area (Å²) in [6.07, 6.45) is 1.39. The van der Waals surface area contributed by atoms with Crippen molar-refractivity contribution in [1.82, 2.24) is 4.98 Å². The van der Waals surface area contributed by atoms with E-state index in [1.165, 1.54) is 24.4 Å². The summed E-state index contributed by atoms with van der Waals surface area (Å²) < 4.78 is 27.4. The van der Waals surface area contributed by atoms with Crippen LogP contribution in [-0.4, -0.2) is 10.9 Å². The number of para-hydroxylation sites is 2. The number of hydrogen-bond acceptors (Lipinski definition) is 3. The van der Waals surface area contributed by atoms with E-state index in [1.54, 1.807) is 24.3 Å². The van der Waals surface area contributed by atoms with Crippen LogP contribution in [0, 0.1) is 11.6 Å². The number of benzene rings is 2. The third kappa shape index (κ3) is 3.55. The van der Waals surface area contributed by atoms with Gasteiger partial charge in [0.1, 0.15) is 23.0 Å². The van der Waals surface area contributed by atoms with E-state index < -0.39 is 17.5 Å². The standard InChI is InChI=1S/C18H13F2N3O/c19-14-7-4-8-15(20)17(14)22-13-9-10-21-16(11-13)18(24)23-12-5-2-1-3-6-12/h1-11H,(H,21,22)(H,23,24). The van der Waals surface area contributed by atoms with Crippen LogP contribution in [0.3, 0.4) is 0 Å². The number of halogens is 2. The van der Waals surface area contributed by atoms with Gasteiger partial charge in [-0.15, -0.1) is 0 Å². The molecule has 3 aromatic rings. The van der Waals surface area contributed by atoms with Gasteiger partial charge < -0.3 is 10.6 Å². The smallest absolute Gasteiger partial charge is 0.274 e. The second kappa shape index (κ2) is 6.87. The molecule has 0 aliphatic heterocycles. The molecule has 0 unspecified atom stereocenters. The SMILES string of the molecule is O=C(Nc1ccccc1)c1cc(Nc2c(F)cccc2F)ccn1. The minimum absolute atomic E-state index is 0.126. The van der Waals surface area contributed by atoms with Gasteiger partial charge in [0, 0.05) is 17.6 Å². The first-order valence-electron chi connectivity index (χ1n) is 7.17. The molecule has 0 aliphatic rings. The lowest BCUT2D eigenvalue weighted by molar-refractivity contribution is 0.102. The van der Waals surface area contributed by atoms with Crippen LogP contribution < -0.4 is 10.6 Å². The van der Waals surface area contributed by atoms with Crippen LogP contribution in [0.15, 0.2) is 66.9 Å². The molecule has 1 heterocycles. The van der Waals surface area contributed by atoms with E-state index in [1.807, 2.05) is 6.07 Å². The van der Waals surface area contributed by atoms with Gasteiger partial charge in [-0.1, -0.05) is 24.3 Å². The van der Waals surface area contributed by atoms with E-state index in [-0.39, 0.29) is 11.4 Å². The normalized spacial score (nSPS) is 10.2. The minimum atomic E-state index is -0.720. The topological polar surface area (TPSA) is 54.0 Å². The van der Waals surface area contributed by atoms with Crippen LogP contribution >= 0.6 is 0 Å². The van der Waals surface area contributed by atoms with Crippen molar-refractivity contribution >= 4 is 23.0 Å². The molecule has 0 saturated heterocycles. The number of nitrogens with one attached hydrogen (secondary N) is 2. The largest absolute Gasteiger partial charge is 0.351 e. The molecule has 0 bridgehead atoms. The van der Waals surface area contributed by atoms with Crippen molar-refractivity contribution in [2.24, 2.45) is 0 Å². The zero-order valence-corrected chi connectivity index (χ0v) is 12.5. The van der Waals surface area contributed by atoms with Gasteiger partial charge >= 0.3 is 0 Å². The Hall–Kier alpha value is -3.28. The Morgan fingerprint density at radius 1 is 0.875 bits per heavy atom. The predicted molar refractivity (Wildman–Crippen MR) is 88.3 cm³/mol. The quantitative estimate of drug-likeness (QED) is 0.749. The molecular weight excluding hydrogens is 312 g/mol. The fourth-order valence-corrected chi connectivity index (χ4v) is 2.11. The highest BCUT2D eigenvalue weighted by Gasteiger charge is 2.11. The predicted octanol–water partition coefficient (Wildman–Crippen LogP) is 4.36. The molecule has 6 heteroatoms. The maximum Gasteiger partial charge on any atom is 0.274 e. The lowest BCUT2D eigenvalue weighted by atomic mass is 10.2. The Balaban J connectivity index is 1.80. The van der Waals surface area contributed by atoms with Crippen molar-refractivity contribution < 1.29 is 13.6 Å². The molecule has 0 saturated carbocycles. The summed E-state index contributed by atoms with van der Waals surface area (Å²) in [4.78, 5) is 16.2. The van der Waals surface area contributed by atoms with Gasteiger partial charge in [0.2, 0.25) is 0 Å². The second-order valence-corrected chi connectivity index (χ2v) is 4.97. The highest BCUT2D eigenvalue weighted by molar-refractivity contribution is 6.03. The van der Waals surface area contributed by atoms with Crippen molar-refractivity contribution in [3.8, 4) is 0 Å². The molecule has 0 spiro atoms. The number of carbonyl (C=O) groups excluding carboxylic acids is 1. The third-order valence-electron chi connectivity index (χ3n) is 3.26. The molecule has 1 aromatic heterocycles. The Morgan fingerprint density at radius 2 is 1.58 bits per heavy atom. The zero-order chi connectivity index (χ0) is 16.9. The molecule has 0 atom stereocenters. The molecule has 0 fully saturated rings. The Morgan fingerprint density at radius 3 is 2.29 bits per heavy atom. The summed E-state index contributed by atoms with van der Waals surface area (Å²) in [6.45, 7) is 0. The fraction of sp³-hybridized carbons (Fsp3) is 0. The van der Waals surface area contributed by atoms with E-state index in [0.29, 0.717) is 11.4 Å². The third-order valence-corrected chi connectivity index (χ3v) is 3.26. The average molecular weight is 325 g/mol. The zero-order valence-electron chi connectivity index (χ0n) is 12.5. The molecule has 0 aliphatic carbocycles. The van der Waals surface area contributed by atoms with Crippen molar-refractivity contribution in [1.29, 1.82) is 0 Å². The molecule has 3 rings (SSSR count). The lowest BCUT2D eigenvalue weighted by Gasteiger charge is -2.10. The summed E-state index contributed by atoms with van der Waals surface area (Å²) in [5.41, 5.74) is 0.828. The summed E-state index contributed by atoms with van der Waals surface area (Å²) >= 11 is 0. The summed E-state index contributed by atoms with van der Waals surface area (Å²) in [7, 11) is 0. The first-order chi connectivity index (χ1) is 11.6. The highest BCUT2D eigenvalue weighted by atomic mass is 19.1. The molecule has 2 aromatic carbocycles. The Bertz CT molecular complexity index is 849. The number of anilines is 3. The van der Waals surface area contributed by atoms with Crippen LogP contribution in [0.1, 0.15) is 10.5 Å². The van der Waals surface area contributed by atoms with Crippen molar-refractivity contribution in [3.63, 3.8) is 0 Å². The first-order valence-corrected chi connectivity index (χ1v) is 7.17. The monoisotopic (exact) mass is 325 g/mol. The number of aromatic nitrogens is 1. The average Bonchev–Trinajstić information content (AvgIpc) is 2.59. The maximum absolute atomic E-state index is 13.7. The molecule has 120 valence electrons. The van der Waals surface area contributed by atoms with Crippen LogP contribution in [0.25, 0.3) is 0 Å². The van der Waals surface area contributed by atoms with E-state index in [0.717, 1.165) is 12.1 Å². The molecule has 2 N–H and O–H groups in total. The van der Waals surface area contributed by atoms with Crippen LogP contribution in [-0.2, 0) is 0 Å². The number of amides is 1. The number of hydrogen-bond donors (Lipinski definition) is 2. The van der Waals surface area contributed by atoms with Gasteiger partial charge in [0.15, 0.2) is 0 Å². The van der Waals surface area contributed by atoms with Crippen molar-refractivity contribution in [3.05, 3.63) is 84.2 Å². The second-order valence-electron chi connectivity index (χ2n) is 4.97. The fourth-order valence-electron chi connectivity index (χ4n) is 2.11. The first kappa shape index (κ1) is 15.6. The summed E-state index contributed by atoms with van der Waals surface area (Å²) in [5.74, 6) is -1.86. The molecular formula is C18H13F2N3O. The molecule has 24 heavy (non-hydrogen) atoms. The highest BCUT2D eigenvalue weighted by Crippen LogP contribution is 2.23. The van der Waals surface area contributed by atoms with Crippen molar-refractivity contribution in [2.75, 3.05) is 10.6 Å². The number of rotatable bonds is 4. The van der Waals surface area contributed by atoms with Crippen LogP contribution in [0.4, 0.5) is 25.8 Å². The van der Waals surface area contributed by atoms with Crippen molar-refractivity contribution in [2.45, 2.75) is 0 Å². The van der Waals surface area contributed by atoms with Gasteiger partial charge in [0.05, 0.1) is 0 Å². The van der Waals surface area contributed by atoms with E-state index in [9.17, 15) is 13.6 Å². The van der Waals surface area contributed by atoms with Gasteiger partial charge in [-0.05, 0) is 36.4 Å². The van der Waals surface area contributed by atoms with E-state index in [4.69, 9.17) is 0 Å². The molecule has 0 radical (unpaired) electrons. The van der Waals surface area contributed by atoms with Gasteiger partial charge in [0.25, 0.3) is 5.91 Å². The number of carbonyl (C=O) groups is 1. The number of nitrogens with zero attached hydrogens (tertiary/aromatic N) is 1.